The molecule has 0 spiro atoms. The molecule has 0 bridgehead atoms. The molecule has 0 amide bonds. The van der Waals surface area contributed by atoms with E-state index in [4.69, 9.17) is 4.42 Å². The van der Waals surface area contributed by atoms with Crippen LogP contribution in [0.5, 0.6) is 0 Å². The molecule has 3 heteroatoms. The number of benzene rings is 6. The largest absolute Gasteiger partial charge is 0.456 e. The fourth-order valence-electron chi connectivity index (χ4n) is 5.59. The lowest BCUT2D eigenvalue weighted by molar-refractivity contribution is 0.669. The Balaban J connectivity index is 1.32. The van der Waals surface area contributed by atoms with Gasteiger partial charge in [-0.3, -0.25) is 0 Å². The highest BCUT2D eigenvalue weighted by atomic mass is 32.1. The zero-order valence-corrected chi connectivity index (χ0v) is 21.9. The molecule has 0 unspecified atom stereocenters. The molecule has 0 aliphatic carbocycles. The van der Waals surface area contributed by atoms with E-state index in [-0.39, 0.29) is 0 Å². The molecule has 0 aliphatic rings. The van der Waals surface area contributed by atoms with Crippen LogP contribution in [-0.2, 0) is 0 Å². The molecule has 0 radical (unpaired) electrons. The van der Waals surface area contributed by atoms with Crippen LogP contribution in [0.2, 0.25) is 0 Å². The smallest absolute Gasteiger partial charge is 0.137 e. The van der Waals surface area contributed by atoms with Gasteiger partial charge in [-0.2, -0.15) is 0 Å². The van der Waals surface area contributed by atoms with Gasteiger partial charge in [-0.1, -0.05) is 78.9 Å². The Morgan fingerprint density at radius 2 is 1.03 bits per heavy atom. The molecule has 184 valence electrons. The van der Waals surface area contributed by atoms with Crippen molar-refractivity contribution in [1.82, 2.24) is 0 Å². The second-order valence-corrected chi connectivity index (χ2v) is 10.9. The third kappa shape index (κ3) is 3.70. The number of rotatable bonds is 4. The topological polar surface area (TPSA) is 16.4 Å². The molecule has 8 rings (SSSR count). The summed E-state index contributed by atoms with van der Waals surface area (Å²) < 4.78 is 8.89. The van der Waals surface area contributed by atoms with Crippen LogP contribution in [0.4, 0.5) is 17.1 Å². The minimum absolute atomic E-state index is 0.890. The first-order valence-corrected chi connectivity index (χ1v) is 13.9. The third-order valence-corrected chi connectivity index (χ3v) is 8.62. The molecule has 0 atom stereocenters. The van der Waals surface area contributed by atoms with Crippen LogP contribution in [0.15, 0.2) is 144 Å². The highest BCUT2D eigenvalue weighted by Gasteiger charge is 2.17. The molecule has 0 N–H and O–H groups in total. The number of para-hydroxylation sites is 1. The molecule has 0 saturated heterocycles. The summed E-state index contributed by atoms with van der Waals surface area (Å²) in [6.45, 7) is 0. The molecule has 2 nitrogen and oxygen atoms in total. The van der Waals surface area contributed by atoms with E-state index >= 15 is 0 Å². The minimum atomic E-state index is 0.890. The summed E-state index contributed by atoms with van der Waals surface area (Å²) in [6, 6.07) is 49.6. The Morgan fingerprint density at radius 1 is 0.410 bits per heavy atom. The fraction of sp³-hybridized carbons (Fsp3) is 0. The number of nitrogens with zero attached hydrogens (tertiary/aromatic N) is 1. The maximum absolute atomic E-state index is 6.28. The van der Waals surface area contributed by atoms with Gasteiger partial charge in [0.1, 0.15) is 11.2 Å². The number of furan rings is 1. The van der Waals surface area contributed by atoms with Crippen molar-refractivity contribution in [2.24, 2.45) is 0 Å². The van der Waals surface area contributed by atoms with Crippen molar-refractivity contribution in [3.8, 4) is 11.1 Å². The SMILES string of the molecule is c1ccc(-c2ccc(N(c3ccc4c(c3)oc3ccccc34)c3ccc4sc5ccccc5c4c3)cc2)cc1. The predicted octanol–water partition coefficient (Wildman–Crippen LogP) is 11.1. The summed E-state index contributed by atoms with van der Waals surface area (Å²) in [4.78, 5) is 2.33. The van der Waals surface area contributed by atoms with E-state index in [0.29, 0.717) is 0 Å². The Kier molecular flexibility index (Phi) is 5.04. The van der Waals surface area contributed by atoms with E-state index in [1.165, 1.54) is 31.3 Å². The fourth-order valence-corrected chi connectivity index (χ4v) is 6.67. The number of anilines is 3. The first kappa shape index (κ1) is 22.2. The quantitative estimate of drug-likeness (QED) is 0.231. The average molecular weight is 518 g/mol. The highest BCUT2D eigenvalue weighted by molar-refractivity contribution is 7.25. The lowest BCUT2D eigenvalue weighted by Crippen LogP contribution is -2.09. The van der Waals surface area contributed by atoms with Gasteiger partial charge < -0.3 is 9.32 Å². The normalized spacial score (nSPS) is 11.6. The van der Waals surface area contributed by atoms with Crippen molar-refractivity contribution in [3.63, 3.8) is 0 Å². The molecule has 39 heavy (non-hydrogen) atoms. The number of fused-ring (bicyclic) bond motifs is 6. The van der Waals surface area contributed by atoms with E-state index in [2.05, 4.69) is 132 Å². The highest BCUT2D eigenvalue weighted by Crippen LogP contribution is 2.42. The van der Waals surface area contributed by atoms with Gasteiger partial charge in [-0.25, -0.2) is 0 Å². The van der Waals surface area contributed by atoms with Gasteiger partial charge in [0.05, 0.1) is 0 Å². The predicted molar refractivity (Wildman–Crippen MR) is 167 cm³/mol. The maximum atomic E-state index is 6.28. The maximum Gasteiger partial charge on any atom is 0.137 e. The Labute approximate surface area is 230 Å². The van der Waals surface area contributed by atoms with Crippen LogP contribution in [0.25, 0.3) is 53.2 Å². The van der Waals surface area contributed by atoms with Gasteiger partial charge in [0.25, 0.3) is 0 Å². The molecule has 0 aliphatic heterocycles. The zero-order valence-electron chi connectivity index (χ0n) is 21.0. The Morgan fingerprint density at radius 3 is 1.90 bits per heavy atom. The second kappa shape index (κ2) is 8.87. The van der Waals surface area contributed by atoms with Gasteiger partial charge in [0, 0.05) is 54.1 Å². The molecule has 2 heterocycles. The van der Waals surface area contributed by atoms with Crippen molar-refractivity contribution in [3.05, 3.63) is 140 Å². The van der Waals surface area contributed by atoms with E-state index < -0.39 is 0 Å². The third-order valence-electron chi connectivity index (χ3n) is 7.47. The summed E-state index contributed by atoms with van der Waals surface area (Å²) in [7, 11) is 0. The number of hydrogen-bond acceptors (Lipinski definition) is 3. The van der Waals surface area contributed by atoms with Crippen LogP contribution < -0.4 is 4.90 Å². The van der Waals surface area contributed by atoms with Crippen molar-refractivity contribution in [1.29, 1.82) is 0 Å². The Bertz CT molecular complexity index is 2120. The van der Waals surface area contributed by atoms with Crippen LogP contribution in [0.3, 0.4) is 0 Å². The summed E-state index contributed by atoms with van der Waals surface area (Å²) in [5, 5.41) is 4.85. The number of thiophene rings is 1. The van der Waals surface area contributed by atoms with Crippen LogP contribution in [-0.4, -0.2) is 0 Å². The first-order valence-electron chi connectivity index (χ1n) is 13.1. The lowest BCUT2D eigenvalue weighted by Gasteiger charge is -2.26. The van der Waals surface area contributed by atoms with Gasteiger partial charge in [0.2, 0.25) is 0 Å². The minimum Gasteiger partial charge on any atom is -0.456 e. The van der Waals surface area contributed by atoms with Crippen molar-refractivity contribution in [2.75, 3.05) is 4.90 Å². The molecular formula is C36H23NOS. The first-order chi connectivity index (χ1) is 19.3. The lowest BCUT2D eigenvalue weighted by atomic mass is 10.0. The van der Waals surface area contributed by atoms with Crippen molar-refractivity contribution < 1.29 is 4.42 Å². The van der Waals surface area contributed by atoms with E-state index in [0.717, 1.165) is 39.0 Å². The molecule has 6 aromatic carbocycles. The molecule has 2 aromatic heterocycles. The van der Waals surface area contributed by atoms with Crippen LogP contribution >= 0.6 is 11.3 Å². The van der Waals surface area contributed by atoms with Gasteiger partial charge >= 0.3 is 0 Å². The molecule has 0 fully saturated rings. The monoisotopic (exact) mass is 517 g/mol. The molecule has 0 saturated carbocycles. The zero-order chi connectivity index (χ0) is 25.8. The Hall–Kier alpha value is -4.86. The van der Waals surface area contributed by atoms with Crippen molar-refractivity contribution >= 4 is 70.5 Å². The van der Waals surface area contributed by atoms with Crippen LogP contribution in [0.1, 0.15) is 0 Å². The van der Waals surface area contributed by atoms with Gasteiger partial charge in [0.15, 0.2) is 0 Å². The molecule has 8 aromatic rings. The standard InChI is InChI=1S/C36H23NOS/c1-2-8-24(9-3-1)25-14-16-26(17-15-25)37(27-19-21-36-32(22-27)31-11-5-7-13-35(31)39-36)28-18-20-30-29-10-4-6-12-33(29)38-34(30)23-28/h1-23H. The van der Waals surface area contributed by atoms with Crippen LogP contribution in [0, 0.1) is 0 Å². The number of hydrogen-bond donors (Lipinski definition) is 0. The molecular weight excluding hydrogens is 494 g/mol. The summed E-state index contributed by atoms with van der Waals surface area (Å²) in [6.07, 6.45) is 0. The van der Waals surface area contributed by atoms with Gasteiger partial charge in [-0.15, -0.1) is 11.3 Å². The summed E-state index contributed by atoms with van der Waals surface area (Å²) >= 11 is 1.84. The van der Waals surface area contributed by atoms with Crippen molar-refractivity contribution in [2.45, 2.75) is 0 Å². The average Bonchev–Trinajstić information content (AvgIpc) is 3.56. The van der Waals surface area contributed by atoms with E-state index in [1.54, 1.807) is 0 Å². The second-order valence-electron chi connectivity index (χ2n) is 9.81. The summed E-state index contributed by atoms with van der Waals surface area (Å²) in [5.74, 6) is 0. The van der Waals surface area contributed by atoms with E-state index in [9.17, 15) is 0 Å². The van der Waals surface area contributed by atoms with Gasteiger partial charge in [-0.05, 0) is 65.7 Å². The summed E-state index contributed by atoms with van der Waals surface area (Å²) in [5.41, 5.74) is 7.50. The van der Waals surface area contributed by atoms with E-state index in [1.807, 2.05) is 23.5 Å².